The number of aromatic nitrogens is 2. The molecule has 0 aliphatic heterocycles. The Balaban J connectivity index is 1.99. The fourth-order valence-electron chi connectivity index (χ4n) is 1.80. The van der Waals surface area contributed by atoms with Crippen molar-refractivity contribution in [1.29, 1.82) is 0 Å². The maximum Gasteiger partial charge on any atom is 0.236 e. The first-order valence-electron chi connectivity index (χ1n) is 7.26. The van der Waals surface area contributed by atoms with Crippen LogP contribution in [0, 0.1) is 0 Å². The lowest BCUT2D eigenvalue weighted by molar-refractivity contribution is -0.118. The zero-order valence-corrected chi connectivity index (χ0v) is 16.8. The molecule has 0 spiro atoms. The van der Waals surface area contributed by atoms with Gasteiger partial charge in [-0.1, -0.05) is 33.8 Å². The molecule has 2 aromatic rings. The molecule has 1 aromatic carbocycles. The van der Waals surface area contributed by atoms with Gasteiger partial charge < -0.3 is 5.32 Å². The van der Waals surface area contributed by atoms with Crippen molar-refractivity contribution in [2.45, 2.75) is 5.03 Å². The van der Waals surface area contributed by atoms with Crippen molar-refractivity contribution in [1.82, 2.24) is 21.1 Å². The van der Waals surface area contributed by atoms with Crippen LogP contribution in [0.5, 0.6) is 0 Å². The van der Waals surface area contributed by atoms with Crippen LogP contribution in [0.25, 0.3) is 0 Å². The number of aliphatic imine (C=N–C) groups is 1. The Bertz CT molecular complexity index is 933. The van der Waals surface area contributed by atoms with Crippen molar-refractivity contribution in [2.75, 3.05) is 18.1 Å². The predicted octanol–water partition coefficient (Wildman–Crippen LogP) is 0.386. The van der Waals surface area contributed by atoms with E-state index in [4.69, 9.17) is 5.14 Å². The standard InChI is InChI=1S/C13H15BrN6O5S2/c14-8-2-1-3-9(6-8)17-12(18-22)11-13(20-25-19-11)26-5-4-16-10(21)7-27(15,23)24/h1-3,6,22H,4-5,7H2,(H,16,21)(H,17,18)(H2,15,23,24). The minimum absolute atomic E-state index is 0.0233. The van der Waals surface area contributed by atoms with Crippen LogP contribution in [-0.4, -0.2) is 53.7 Å². The lowest BCUT2D eigenvalue weighted by Gasteiger charge is -2.05. The Morgan fingerprint density at radius 2 is 2.19 bits per heavy atom. The molecule has 5 N–H and O–H groups in total. The maximum absolute atomic E-state index is 11.4. The van der Waals surface area contributed by atoms with Crippen molar-refractivity contribution >= 4 is 55.1 Å². The lowest BCUT2D eigenvalue weighted by Crippen LogP contribution is -2.34. The Labute approximate surface area is 166 Å². The summed E-state index contributed by atoms with van der Waals surface area (Å²) in [5, 5.41) is 24.3. The monoisotopic (exact) mass is 478 g/mol. The minimum atomic E-state index is -3.87. The third kappa shape index (κ3) is 7.26. The van der Waals surface area contributed by atoms with Crippen molar-refractivity contribution in [3.63, 3.8) is 0 Å². The molecule has 11 nitrogen and oxygen atoms in total. The summed E-state index contributed by atoms with van der Waals surface area (Å²) in [6.07, 6.45) is 0. The van der Waals surface area contributed by atoms with Crippen LogP contribution >= 0.6 is 27.7 Å². The zero-order chi connectivity index (χ0) is 19.9. The largest absolute Gasteiger partial charge is 0.354 e. The topological polar surface area (TPSA) is 173 Å². The number of rotatable bonds is 8. The van der Waals surface area contributed by atoms with Gasteiger partial charge in [-0.2, -0.15) is 0 Å². The van der Waals surface area contributed by atoms with Gasteiger partial charge in [0.15, 0.2) is 16.6 Å². The third-order valence-corrected chi connectivity index (χ3v) is 4.94. The van der Waals surface area contributed by atoms with Crippen LogP contribution in [0.15, 0.2) is 43.4 Å². The number of hydrogen-bond donors (Lipinski definition) is 4. The Morgan fingerprint density at radius 3 is 2.85 bits per heavy atom. The number of nitrogens with two attached hydrogens (primary N) is 1. The molecule has 1 aromatic heterocycles. The number of primary sulfonamides is 1. The Hall–Kier alpha value is -2.00. The number of hydrogen-bond acceptors (Lipinski definition) is 9. The molecule has 0 bridgehead atoms. The molecule has 0 radical (unpaired) electrons. The highest BCUT2D eigenvalue weighted by Gasteiger charge is 2.17. The number of carbonyl (C=O) groups is 1. The van der Waals surface area contributed by atoms with E-state index in [-0.39, 0.29) is 18.1 Å². The molecule has 1 heterocycles. The van der Waals surface area contributed by atoms with Gasteiger partial charge in [0.1, 0.15) is 5.75 Å². The van der Waals surface area contributed by atoms with Crippen LogP contribution < -0.4 is 15.9 Å². The van der Waals surface area contributed by atoms with Crippen LogP contribution in [0.3, 0.4) is 0 Å². The van der Waals surface area contributed by atoms with Crippen LogP contribution in [0.1, 0.15) is 5.69 Å². The summed E-state index contributed by atoms with van der Waals surface area (Å²) in [4.78, 5) is 15.6. The predicted molar refractivity (Wildman–Crippen MR) is 101 cm³/mol. The van der Waals surface area contributed by atoms with Gasteiger partial charge in [0.25, 0.3) is 0 Å². The number of benzene rings is 1. The molecule has 14 heteroatoms. The van der Waals surface area contributed by atoms with Crippen molar-refractivity contribution in [2.24, 2.45) is 10.1 Å². The quantitative estimate of drug-likeness (QED) is 0.137. The van der Waals surface area contributed by atoms with E-state index in [0.717, 1.165) is 4.47 Å². The summed E-state index contributed by atoms with van der Waals surface area (Å²) in [7, 11) is -3.87. The molecule has 1 amide bonds. The number of carbonyl (C=O) groups excluding carboxylic acids is 1. The summed E-state index contributed by atoms with van der Waals surface area (Å²) in [6.45, 7) is 0.163. The second-order valence-corrected chi connectivity index (χ2v) is 8.59. The second-order valence-electron chi connectivity index (χ2n) is 4.98. The van der Waals surface area contributed by atoms with Gasteiger partial charge in [0.2, 0.25) is 15.9 Å². The highest BCUT2D eigenvalue weighted by Crippen LogP contribution is 2.22. The summed E-state index contributed by atoms with van der Waals surface area (Å²) in [5.74, 6) is -1.12. The maximum atomic E-state index is 11.4. The minimum Gasteiger partial charge on any atom is -0.354 e. The van der Waals surface area contributed by atoms with Crippen molar-refractivity contribution in [3.05, 3.63) is 34.4 Å². The molecule has 0 unspecified atom stereocenters. The first-order chi connectivity index (χ1) is 12.8. The number of halogens is 1. The molecule has 0 saturated heterocycles. The van der Waals surface area contributed by atoms with Gasteiger partial charge in [0.05, 0.1) is 5.69 Å². The lowest BCUT2D eigenvalue weighted by atomic mass is 10.3. The number of sulfonamides is 1. The summed E-state index contributed by atoms with van der Waals surface area (Å²) < 4.78 is 27.1. The number of amides is 1. The normalized spacial score (nSPS) is 12.0. The van der Waals surface area contributed by atoms with E-state index in [1.807, 2.05) is 11.5 Å². The van der Waals surface area contributed by atoms with E-state index < -0.39 is 21.7 Å². The van der Waals surface area contributed by atoms with Crippen molar-refractivity contribution < 1.29 is 23.0 Å². The smallest absolute Gasteiger partial charge is 0.236 e. The average molecular weight is 479 g/mol. The van der Waals surface area contributed by atoms with Crippen LogP contribution in [-0.2, 0) is 14.8 Å². The summed E-state index contributed by atoms with van der Waals surface area (Å²) >= 11 is 4.49. The number of amidine groups is 1. The molecular weight excluding hydrogens is 464 g/mol. The molecule has 146 valence electrons. The fraction of sp³-hybridized carbons (Fsp3) is 0.231. The zero-order valence-electron chi connectivity index (χ0n) is 13.6. The Morgan fingerprint density at radius 1 is 1.41 bits per heavy atom. The van der Waals surface area contributed by atoms with E-state index in [0.29, 0.717) is 16.5 Å². The van der Waals surface area contributed by atoms with Crippen molar-refractivity contribution in [3.8, 4) is 0 Å². The molecule has 0 aliphatic rings. The number of nitrogens with zero attached hydrogens (tertiary/aromatic N) is 3. The molecule has 27 heavy (non-hydrogen) atoms. The average Bonchev–Trinajstić information content (AvgIpc) is 3.03. The van der Waals surface area contributed by atoms with Gasteiger partial charge in [-0.25, -0.2) is 23.2 Å². The summed E-state index contributed by atoms with van der Waals surface area (Å²) in [5.41, 5.74) is 2.69. The van der Waals surface area contributed by atoms with E-state index in [2.05, 4.69) is 41.2 Å². The summed E-state index contributed by atoms with van der Waals surface area (Å²) in [6, 6.07) is 7.06. The highest BCUT2D eigenvalue weighted by molar-refractivity contribution is 9.10. The molecule has 0 saturated carbocycles. The highest BCUT2D eigenvalue weighted by atomic mass is 79.9. The molecule has 2 rings (SSSR count). The van der Waals surface area contributed by atoms with E-state index in [1.54, 1.807) is 18.2 Å². The molecule has 0 atom stereocenters. The number of hydroxylamine groups is 1. The van der Waals surface area contributed by atoms with Gasteiger partial charge in [0, 0.05) is 16.8 Å². The van der Waals surface area contributed by atoms with Gasteiger partial charge in [-0.05, 0) is 28.5 Å². The number of nitrogens with one attached hydrogen (secondary N) is 2. The second kappa shape index (κ2) is 9.80. The number of thioether (sulfide) groups is 1. The molecule has 0 fully saturated rings. The van der Waals surface area contributed by atoms with Gasteiger partial charge in [-0.15, -0.1) is 0 Å². The van der Waals surface area contributed by atoms with Crippen LogP contribution in [0.2, 0.25) is 0 Å². The first-order valence-corrected chi connectivity index (χ1v) is 10.7. The fourth-order valence-corrected chi connectivity index (χ4v) is 3.41. The molecular formula is C13H15BrN6O5S2. The Kier molecular flexibility index (Phi) is 7.73. The van der Waals surface area contributed by atoms with Gasteiger partial charge >= 0.3 is 0 Å². The molecule has 0 aliphatic carbocycles. The van der Waals surface area contributed by atoms with Gasteiger partial charge in [-0.3, -0.25) is 15.5 Å². The third-order valence-electron chi connectivity index (χ3n) is 2.83. The van der Waals surface area contributed by atoms with E-state index >= 15 is 0 Å². The van der Waals surface area contributed by atoms with Crippen LogP contribution in [0.4, 0.5) is 5.69 Å². The first kappa shape index (κ1) is 21.3. The SMILES string of the molecule is NS(=O)(=O)CC(=O)NCCSc1nonc1C(=Nc1cccc(Br)c1)NO. The van der Waals surface area contributed by atoms with E-state index in [9.17, 15) is 18.4 Å². The van der Waals surface area contributed by atoms with E-state index in [1.165, 1.54) is 11.8 Å².